The molecule has 8 heteroatoms. The average Bonchev–Trinajstić information content (AvgIpc) is 3.44. The Labute approximate surface area is 436 Å². The van der Waals surface area contributed by atoms with Crippen LogP contribution in [0.2, 0.25) is 0 Å². The Morgan fingerprint density at radius 2 is 0.542 bits per heavy atom. The van der Waals surface area contributed by atoms with Crippen LogP contribution in [0.5, 0.6) is 0 Å². The van der Waals surface area contributed by atoms with Crippen LogP contribution in [0.3, 0.4) is 0 Å². The highest BCUT2D eigenvalue weighted by atomic mass is 32.2. The van der Waals surface area contributed by atoms with Crippen LogP contribution in [0.1, 0.15) is 44.5 Å². The molecule has 14 rings (SSSR count). The molecule has 2 nitrogen and oxygen atoms in total. The van der Waals surface area contributed by atoms with Crippen molar-refractivity contribution in [3.05, 3.63) is 239 Å². The van der Waals surface area contributed by atoms with Crippen molar-refractivity contribution in [3.63, 3.8) is 0 Å². The first kappa shape index (κ1) is 42.9. The number of hydrogen-bond acceptors (Lipinski definition) is 6. The lowest BCUT2D eigenvalue weighted by Crippen LogP contribution is -2.59. The van der Waals surface area contributed by atoms with E-state index in [0.29, 0.717) is 0 Å². The summed E-state index contributed by atoms with van der Waals surface area (Å²) in [7, 11) is 0. The molecule has 0 aliphatic carbocycles. The molecule has 0 amide bonds. The standard InChI is InChI=1S/C64H32B2N2S4/c1-5-13-41(14-6-1)21-25-45-29-33-53-49(37-45)65-51-39-47(27-23-43-17-9-3-10-18-43)31-35-55(51)71-63-57(65)61(69-53)59-60(67-63)62-58-64(68-59)72-56-36-32-48(28-24-44-19-11-4-12-20-44)40-52(56)66(58)50-38-46(30-34-54(50)70-62)26-22-42-15-7-2-8-16-42/h1-20,29-40H. The van der Waals surface area contributed by atoms with E-state index in [-0.39, 0.29) is 13.4 Å². The van der Waals surface area contributed by atoms with Crippen LogP contribution in [-0.2, 0) is 0 Å². The van der Waals surface area contributed by atoms with Gasteiger partial charge < -0.3 is 0 Å². The number of pyridine rings is 2. The number of rotatable bonds is 0. The molecule has 10 aromatic rings. The summed E-state index contributed by atoms with van der Waals surface area (Å²) in [5, 5.41) is 2.04. The van der Waals surface area contributed by atoms with E-state index in [4.69, 9.17) is 9.97 Å². The molecule has 0 radical (unpaired) electrons. The van der Waals surface area contributed by atoms with Crippen LogP contribution in [0.25, 0.3) is 11.0 Å². The minimum Gasteiger partial charge on any atom is -0.239 e. The number of nitrogens with zero attached hydrogens (tertiary/aromatic N) is 2. The van der Waals surface area contributed by atoms with Gasteiger partial charge in [-0.05, 0) is 108 Å². The maximum absolute atomic E-state index is 5.77. The predicted molar refractivity (Wildman–Crippen MR) is 301 cm³/mol. The lowest BCUT2D eigenvalue weighted by atomic mass is 9.36. The molecule has 0 bridgehead atoms. The molecule has 0 saturated carbocycles. The van der Waals surface area contributed by atoms with Gasteiger partial charge in [-0.15, -0.1) is 0 Å². The molecule has 0 spiro atoms. The van der Waals surface area contributed by atoms with Gasteiger partial charge >= 0.3 is 0 Å². The zero-order valence-electron chi connectivity index (χ0n) is 38.2. The molecule has 328 valence electrons. The van der Waals surface area contributed by atoms with Gasteiger partial charge in [0.05, 0.1) is 10.1 Å². The minimum absolute atomic E-state index is 0.0918. The van der Waals surface area contributed by atoms with Gasteiger partial charge in [0.15, 0.2) is 0 Å². The van der Waals surface area contributed by atoms with Crippen molar-refractivity contribution < 1.29 is 0 Å². The van der Waals surface area contributed by atoms with Crippen molar-refractivity contribution >= 4 is 104 Å². The zero-order chi connectivity index (χ0) is 47.5. The number of aromatic nitrogens is 2. The van der Waals surface area contributed by atoms with E-state index in [0.717, 1.165) is 65.6 Å². The summed E-state index contributed by atoms with van der Waals surface area (Å²) >= 11 is 7.16. The second kappa shape index (κ2) is 18.0. The summed E-state index contributed by atoms with van der Waals surface area (Å²) in [5.41, 5.74) is 17.1. The number of benzene rings is 8. The number of fused-ring (bicyclic) bond motifs is 11. The fourth-order valence-corrected chi connectivity index (χ4v) is 14.7. The van der Waals surface area contributed by atoms with Crippen LogP contribution in [0.15, 0.2) is 234 Å². The summed E-state index contributed by atoms with van der Waals surface area (Å²) in [5.74, 6) is 27.6. The van der Waals surface area contributed by atoms with Crippen molar-refractivity contribution in [1.82, 2.24) is 9.97 Å². The molecule has 0 atom stereocenters. The van der Waals surface area contributed by atoms with Crippen molar-refractivity contribution in [2.75, 3.05) is 0 Å². The summed E-state index contributed by atoms with van der Waals surface area (Å²) in [6.45, 7) is -0.184. The molecular formula is C64H32B2N2S4. The molecule has 0 N–H and O–H groups in total. The van der Waals surface area contributed by atoms with Crippen LogP contribution in [0, 0.1) is 47.4 Å². The van der Waals surface area contributed by atoms with E-state index < -0.39 is 0 Å². The van der Waals surface area contributed by atoms with E-state index in [1.807, 2.05) is 96.3 Å². The van der Waals surface area contributed by atoms with Crippen LogP contribution >= 0.6 is 47.0 Å². The van der Waals surface area contributed by atoms with Crippen LogP contribution < -0.4 is 32.8 Å². The summed E-state index contributed by atoms with van der Waals surface area (Å²) < 4.78 is 0. The Morgan fingerprint density at radius 1 is 0.278 bits per heavy atom. The molecule has 4 aliphatic heterocycles. The molecule has 2 aromatic heterocycles. The smallest absolute Gasteiger partial charge is 0.239 e. The van der Waals surface area contributed by atoms with Crippen molar-refractivity contribution in [2.24, 2.45) is 0 Å². The highest BCUT2D eigenvalue weighted by molar-refractivity contribution is 8.02. The van der Waals surface area contributed by atoms with E-state index >= 15 is 0 Å². The van der Waals surface area contributed by atoms with Crippen molar-refractivity contribution in [3.8, 4) is 47.4 Å². The largest absolute Gasteiger partial charge is 0.249 e. The minimum atomic E-state index is -0.0918. The molecule has 6 heterocycles. The first-order chi connectivity index (χ1) is 35.6. The van der Waals surface area contributed by atoms with Crippen LogP contribution in [0.4, 0.5) is 0 Å². The van der Waals surface area contributed by atoms with Crippen molar-refractivity contribution in [2.45, 2.75) is 39.4 Å². The Balaban J connectivity index is 0.954. The Morgan fingerprint density at radius 3 is 0.833 bits per heavy atom. The molecule has 4 aliphatic rings. The maximum atomic E-state index is 5.77. The third kappa shape index (κ3) is 7.82. The monoisotopic (exact) mass is 978 g/mol. The van der Waals surface area contributed by atoms with E-state index in [1.165, 1.54) is 62.1 Å². The average molecular weight is 979 g/mol. The zero-order valence-corrected chi connectivity index (χ0v) is 41.4. The Kier molecular flexibility index (Phi) is 10.8. The third-order valence-electron chi connectivity index (χ3n) is 13.2. The summed E-state index contributed by atoms with van der Waals surface area (Å²) in [6, 6.07) is 67.6. The summed E-state index contributed by atoms with van der Waals surface area (Å²) in [6.07, 6.45) is 0. The molecule has 8 aromatic carbocycles. The fourth-order valence-electron chi connectivity index (χ4n) is 9.89. The topological polar surface area (TPSA) is 25.8 Å². The maximum Gasteiger partial charge on any atom is 0.249 e. The highest BCUT2D eigenvalue weighted by Crippen LogP contribution is 2.46. The lowest BCUT2D eigenvalue weighted by molar-refractivity contribution is 1.09. The van der Waals surface area contributed by atoms with E-state index in [9.17, 15) is 0 Å². The molecule has 0 fully saturated rings. The Hall–Kier alpha value is -7.91. The van der Waals surface area contributed by atoms with Gasteiger partial charge in [-0.3, -0.25) is 0 Å². The first-order valence-corrected chi connectivity index (χ1v) is 26.9. The quantitative estimate of drug-likeness (QED) is 0.111. The predicted octanol–water partition coefficient (Wildman–Crippen LogP) is 10.1. The van der Waals surface area contributed by atoms with Gasteiger partial charge in [-0.25, -0.2) is 9.97 Å². The van der Waals surface area contributed by atoms with Gasteiger partial charge in [0.1, 0.15) is 11.0 Å². The van der Waals surface area contributed by atoms with E-state index in [2.05, 4.69) is 169 Å². The Bertz CT molecular complexity index is 3780. The number of hydrogen-bond donors (Lipinski definition) is 0. The fraction of sp³-hybridized carbons (Fsp3) is 0. The molecule has 0 saturated heterocycles. The molecule has 0 unspecified atom stereocenters. The third-order valence-corrected chi connectivity index (χ3v) is 17.8. The second-order valence-electron chi connectivity index (χ2n) is 17.8. The van der Waals surface area contributed by atoms with Gasteiger partial charge in [0.25, 0.3) is 0 Å². The molecular weight excluding hydrogens is 947 g/mol. The SMILES string of the molecule is C(#Cc1ccc2c(c1)B1c3cc(C#Cc4ccccc4)ccc3Sc3c1c(nc1c4c5c(nc31)Sc1ccc(C#Cc3ccccc3)cc1B5c1cc(C#Cc3ccccc3)ccc1S4)S2)c1ccccc1. The van der Waals surface area contributed by atoms with Gasteiger partial charge in [-0.1, -0.05) is 213 Å². The summed E-state index contributed by atoms with van der Waals surface area (Å²) in [4.78, 5) is 18.6. The normalized spacial score (nSPS) is 12.6. The second-order valence-corrected chi connectivity index (χ2v) is 21.9. The van der Waals surface area contributed by atoms with Crippen LogP contribution in [-0.4, -0.2) is 23.4 Å². The van der Waals surface area contributed by atoms with E-state index in [1.54, 1.807) is 23.5 Å². The first-order valence-electron chi connectivity index (χ1n) is 23.6. The van der Waals surface area contributed by atoms with Gasteiger partial charge in [0, 0.05) is 73.9 Å². The molecule has 72 heavy (non-hydrogen) atoms. The lowest BCUT2D eigenvalue weighted by Gasteiger charge is -2.35. The van der Waals surface area contributed by atoms with Gasteiger partial charge in [-0.2, -0.15) is 0 Å². The van der Waals surface area contributed by atoms with Gasteiger partial charge in [0.2, 0.25) is 13.4 Å². The van der Waals surface area contributed by atoms with Crippen molar-refractivity contribution in [1.29, 1.82) is 0 Å². The highest BCUT2D eigenvalue weighted by Gasteiger charge is 2.44.